The van der Waals surface area contributed by atoms with Crippen LogP contribution in [0.1, 0.15) is 22.8 Å². The maximum Gasteiger partial charge on any atom is 0.418 e. The predicted molar refractivity (Wildman–Crippen MR) is 91.7 cm³/mol. The second-order valence-electron chi connectivity index (χ2n) is 5.04. The standard InChI is InChI=1S/C17H16ClF3N2O3/c1-3-26-15-12(18)8-10(9-14(15)25-2)16(24)23-22-13-7-5-4-6-11(13)17(19,20)21/h4-9,22H,3H2,1-2H3,(H,23,24). The molecule has 5 nitrogen and oxygen atoms in total. The predicted octanol–water partition coefficient (Wildman–Crippen LogP) is 4.52. The molecule has 0 unspecified atom stereocenters. The Hall–Kier alpha value is -2.61. The number of para-hydroxylation sites is 1. The molecule has 0 saturated carbocycles. The molecule has 0 aliphatic rings. The second-order valence-corrected chi connectivity index (χ2v) is 5.45. The van der Waals surface area contributed by atoms with Crippen LogP contribution in [-0.2, 0) is 6.18 Å². The van der Waals surface area contributed by atoms with Gasteiger partial charge in [-0.25, -0.2) is 0 Å². The van der Waals surface area contributed by atoms with Crippen molar-refractivity contribution >= 4 is 23.2 Å². The molecule has 1 amide bonds. The largest absolute Gasteiger partial charge is 0.493 e. The van der Waals surface area contributed by atoms with Crippen LogP contribution in [0.4, 0.5) is 18.9 Å². The van der Waals surface area contributed by atoms with Gasteiger partial charge < -0.3 is 9.47 Å². The molecule has 2 rings (SSSR count). The van der Waals surface area contributed by atoms with Gasteiger partial charge in [0.25, 0.3) is 5.91 Å². The molecule has 26 heavy (non-hydrogen) atoms. The lowest BCUT2D eigenvalue weighted by atomic mass is 10.1. The lowest BCUT2D eigenvalue weighted by Crippen LogP contribution is -2.30. The minimum Gasteiger partial charge on any atom is -0.493 e. The third-order valence-corrected chi connectivity index (χ3v) is 3.60. The summed E-state index contributed by atoms with van der Waals surface area (Å²) in [6, 6.07) is 7.50. The van der Waals surface area contributed by atoms with E-state index in [0.717, 1.165) is 6.07 Å². The summed E-state index contributed by atoms with van der Waals surface area (Å²) in [6.07, 6.45) is -4.56. The van der Waals surface area contributed by atoms with Crippen LogP contribution in [0.5, 0.6) is 11.5 Å². The van der Waals surface area contributed by atoms with Crippen molar-refractivity contribution in [3.63, 3.8) is 0 Å². The van der Waals surface area contributed by atoms with Gasteiger partial charge >= 0.3 is 6.18 Å². The van der Waals surface area contributed by atoms with Gasteiger partial charge in [-0.3, -0.25) is 15.6 Å². The van der Waals surface area contributed by atoms with Crippen LogP contribution in [0.3, 0.4) is 0 Å². The highest BCUT2D eigenvalue weighted by Crippen LogP contribution is 2.37. The van der Waals surface area contributed by atoms with Gasteiger partial charge in [-0.1, -0.05) is 23.7 Å². The molecule has 0 radical (unpaired) electrons. The van der Waals surface area contributed by atoms with Crippen molar-refractivity contribution in [2.24, 2.45) is 0 Å². The van der Waals surface area contributed by atoms with Crippen LogP contribution in [0.15, 0.2) is 36.4 Å². The number of amides is 1. The second kappa shape index (κ2) is 8.18. The van der Waals surface area contributed by atoms with E-state index in [2.05, 4.69) is 10.9 Å². The fraction of sp³-hybridized carbons (Fsp3) is 0.235. The first-order valence-corrected chi connectivity index (χ1v) is 7.88. The van der Waals surface area contributed by atoms with E-state index >= 15 is 0 Å². The zero-order valence-electron chi connectivity index (χ0n) is 13.9. The average molecular weight is 389 g/mol. The Labute approximate surface area is 153 Å². The lowest BCUT2D eigenvalue weighted by Gasteiger charge is -2.16. The van der Waals surface area contributed by atoms with Crippen molar-refractivity contribution in [3.8, 4) is 11.5 Å². The number of carbonyl (C=O) groups excluding carboxylic acids is 1. The van der Waals surface area contributed by atoms with Gasteiger partial charge in [0.2, 0.25) is 0 Å². The van der Waals surface area contributed by atoms with E-state index in [-0.39, 0.29) is 27.8 Å². The van der Waals surface area contributed by atoms with E-state index in [1.807, 2.05) is 0 Å². The number of benzene rings is 2. The minimum absolute atomic E-state index is 0.0901. The third-order valence-electron chi connectivity index (χ3n) is 3.32. The number of anilines is 1. The number of carbonyl (C=O) groups is 1. The Morgan fingerprint density at radius 2 is 1.92 bits per heavy atom. The summed E-state index contributed by atoms with van der Waals surface area (Å²) >= 11 is 6.08. The molecule has 2 aromatic carbocycles. The third kappa shape index (κ3) is 4.51. The first-order valence-electron chi connectivity index (χ1n) is 7.50. The van der Waals surface area contributed by atoms with Crippen molar-refractivity contribution < 1.29 is 27.4 Å². The molecule has 0 heterocycles. The van der Waals surface area contributed by atoms with Gasteiger partial charge in [0.1, 0.15) is 0 Å². The number of ether oxygens (including phenoxy) is 2. The summed E-state index contributed by atoms with van der Waals surface area (Å²) in [7, 11) is 1.38. The Kier molecular flexibility index (Phi) is 6.20. The van der Waals surface area contributed by atoms with Crippen LogP contribution in [0.2, 0.25) is 5.02 Å². The normalized spacial score (nSPS) is 11.0. The summed E-state index contributed by atoms with van der Waals surface area (Å²) in [5.41, 5.74) is 3.40. The summed E-state index contributed by atoms with van der Waals surface area (Å²) in [6.45, 7) is 2.11. The van der Waals surface area contributed by atoms with Crippen molar-refractivity contribution in [2.45, 2.75) is 13.1 Å². The molecule has 2 aromatic rings. The van der Waals surface area contributed by atoms with Crippen LogP contribution >= 0.6 is 11.6 Å². The quantitative estimate of drug-likeness (QED) is 0.714. The van der Waals surface area contributed by atoms with E-state index in [1.165, 1.54) is 37.4 Å². The van der Waals surface area contributed by atoms with E-state index in [4.69, 9.17) is 21.1 Å². The SMILES string of the molecule is CCOc1c(Cl)cc(C(=O)NNc2ccccc2C(F)(F)F)cc1OC. The maximum atomic E-state index is 13.0. The molecule has 0 saturated heterocycles. The van der Waals surface area contributed by atoms with Crippen molar-refractivity contribution in [3.05, 3.63) is 52.5 Å². The Balaban J connectivity index is 2.20. The topological polar surface area (TPSA) is 59.6 Å². The van der Waals surface area contributed by atoms with Crippen LogP contribution in [0, 0.1) is 0 Å². The van der Waals surface area contributed by atoms with Crippen LogP contribution in [-0.4, -0.2) is 19.6 Å². The first-order chi connectivity index (χ1) is 12.3. The Morgan fingerprint density at radius 1 is 1.23 bits per heavy atom. The number of halogens is 4. The Morgan fingerprint density at radius 3 is 2.54 bits per heavy atom. The molecule has 0 fully saturated rings. The monoisotopic (exact) mass is 388 g/mol. The number of hydrazine groups is 1. The van der Waals surface area contributed by atoms with E-state index in [9.17, 15) is 18.0 Å². The molecule has 0 aliphatic heterocycles. The lowest BCUT2D eigenvalue weighted by molar-refractivity contribution is -0.137. The highest BCUT2D eigenvalue weighted by Gasteiger charge is 2.33. The number of methoxy groups -OCH3 is 1. The molecule has 0 aliphatic carbocycles. The fourth-order valence-electron chi connectivity index (χ4n) is 2.17. The molecular formula is C17H16ClF3N2O3. The van der Waals surface area contributed by atoms with Crippen LogP contribution < -0.4 is 20.3 Å². The van der Waals surface area contributed by atoms with Gasteiger partial charge in [-0.05, 0) is 31.2 Å². The molecule has 0 aromatic heterocycles. The van der Waals surface area contributed by atoms with Gasteiger partial charge in [-0.2, -0.15) is 13.2 Å². The van der Waals surface area contributed by atoms with Crippen molar-refractivity contribution in [2.75, 3.05) is 19.1 Å². The highest BCUT2D eigenvalue weighted by molar-refractivity contribution is 6.32. The number of hydrogen-bond donors (Lipinski definition) is 2. The maximum absolute atomic E-state index is 13.0. The summed E-state index contributed by atoms with van der Waals surface area (Å²) in [5.74, 6) is -0.172. The van der Waals surface area contributed by atoms with E-state index in [1.54, 1.807) is 6.92 Å². The number of rotatable bonds is 6. The number of nitrogens with one attached hydrogen (secondary N) is 2. The Bertz CT molecular complexity index is 797. The number of hydrogen-bond acceptors (Lipinski definition) is 4. The molecule has 140 valence electrons. The minimum atomic E-state index is -4.56. The molecule has 0 bridgehead atoms. The van der Waals surface area contributed by atoms with Gasteiger partial charge in [0.15, 0.2) is 11.5 Å². The molecular weight excluding hydrogens is 373 g/mol. The summed E-state index contributed by atoms with van der Waals surface area (Å²) in [5, 5.41) is 0.145. The highest BCUT2D eigenvalue weighted by atomic mass is 35.5. The smallest absolute Gasteiger partial charge is 0.418 e. The fourth-order valence-corrected chi connectivity index (χ4v) is 2.44. The molecule has 9 heteroatoms. The first kappa shape index (κ1) is 19.7. The van der Waals surface area contributed by atoms with E-state index in [0.29, 0.717) is 6.61 Å². The average Bonchev–Trinajstić information content (AvgIpc) is 2.60. The van der Waals surface area contributed by atoms with Crippen molar-refractivity contribution in [1.82, 2.24) is 5.43 Å². The van der Waals surface area contributed by atoms with Gasteiger partial charge in [-0.15, -0.1) is 0 Å². The summed E-state index contributed by atoms with van der Waals surface area (Å²) in [4.78, 5) is 12.3. The van der Waals surface area contributed by atoms with E-state index < -0.39 is 17.6 Å². The molecule has 0 spiro atoms. The summed E-state index contributed by atoms with van der Waals surface area (Å²) < 4.78 is 49.4. The number of alkyl halides is 3. The van der Waals surface area contributed by atoms with Crippen LogP contribution in [0.25, 0.3) is 0 Å². The zero-order valence-corrected chi connectivity index (χ0v) is 14.7. The molecule has 2 N–H and O–H groups in total. The van der Waals surface area contributed by atoms with Crippen molar-refractivity contribution in [1.29, 1.82) is 0 Å². The van der Waals surface area contributed by atoms with Gasteiger partial charge in [0, 0.05) is 5.56 Å². The van der Waals surface area contributed by atoms with Gasteiger partial charge in [0.05, 0.1) is 30.0 Å². The zero-order chi connectivity index (χ0) is 19.3. The molecule has 0 atom stereocenters.